The van der Waals surface area contributed by atoms with Gasteiger partial charge in [0.25, 0.3) is 0 Å². The van der Waals surface area contributed by atoms with Gasteiger partial charge in [-0.1, -0.05) is 0 Å². The number of rotatable bonds is 0. The second-order valence-electron chi connectivity index (χ2n) is 1.91. The van der Waals surface area contributed by atoms with E-state index in [2.05, 4.69) is 53.7 Å². The van der Waals surface area contributed by atoms with Gasteiger partial charge >= 0.3 is 0 Å². The summed E-state index contributed by atoms with van der Waals surface area (Å²) in [5, 5.41) is 7.68. The van der Waals surface area contributed by atoms with Crippen molar-refractivity contribution in [2.75, 3.05) is 0 Å². The molecule has 2 aromatic rings. The molecule has 0 N–H and O–H groups in total. The lowest BCUT2D eigenvalue weighted by Crippen LogP contribution is -1.88. The largest absolute Gasteiger partial charge is 0.273 e. The second-order valence-corrected chi connectivity index (χ2v) is 3.72. The van der Waals surface area contributed by atoms with Gasteiger partial charge in [0.05, 0.1) is 6.20 Å². The van der Waals surface area contributed by atoms with Gasteiger partial charge in [0, 0.05) is 6.20 Å². The van der Waals surface area contributed by atoms with Gasteiger partial charge < -0.3 is 0 Å². The van der Waals surface area contributed by atoms with Gasteiger partial charge in [-0.05, 0) is 38.5 Å². The predicted octanol–water partition coefficient (Wildman–Crippen LogP) is 1.49. The minimum atomic E-state index is 0.702. The number of hydrogen-bond acceptors (Lipinski definition) is 3. The second kappa shape index (κ2) is 2.67. The number of nitrogens with zero attached hydrogens (tertiary/aromatic N) is 4. The van der Waals surface area contributed by atoms with Crippen molar-refractivity contribution in [3.63, 3.8) is 0 Å². The van der Waals surface area contributed by atoms with Gasteiger partial charge in [-0.2, -0.15) is 0 Å². The molecule has 6 heteroatoms. The van der Waals surface area contributed by atoms with E-state index in [9.17, 15) is 0 Å². The molecule has 0 spiro atoms. The lowest BCUT2D eigenvalue weighted by molar-refractivity contribution is 1.04. The first-order chi connectivity index (χ1) is 5.27. The molecule has 0 bridgehead atoms. The molecule has 2 aromatic heterocycles. The van der Waals surface area contributed by atoms with Crippen LogP contribution in [-0.2, 0) is 0 Å². The van der Waals surface area contributed by atoms with Gasteiger partial charge in [0.2, 0.25) is 4.73 Å². The molecule has 0 unspecified atom stereocenters. The third-order valence-electron chi connectivity index (χ3n) is 1.22. The standard InChI is InChI=1S/C5H2BrIN4/c6-5-10-9-4-1-8-3(7)2-11(4)5/h1-2H. The van der Waals surface area contributed by atoms with E-state index in [-0.39, 0.29) is 0 Å². The molecule has 2 rings (SSSR count). The van der Waals surface area contributed by atoms with E-state index < -0.39 is 0 Å². The van der Waals surface area contributed by atoms with Crippen LogP contribution >= 0.6 is 38.5 Å². The van der Waals surface area contributed by atoms with Crippen molar-refractivity contribution in [3.05, 3.63) is 20.8 Å². The van der Waals surface area contributed by atoms with Gasteiger partial charge in [-0.25, -0.2) is 4.98 Å². The average molecular weight is 325 g/mol. The van der Waals surface area contributed by atoms with Crippen LogP contribution in [0, 0.1) is 3.70 Å². The number of halogens is 2. The highest BCUT2D eigenvalue weighted by molar-refractivity contribution is 14.1. The Kier molecular flexibility index (Phi) is 1.80. The van der Waals surface area contributed by atoms with Gasteiger partial charge in [0.15, 0.2) is 5.65 Å². The summed E-state index contributed by atoms with van der Waals surface area (Å²) in [4.78, 5) is 4.06. The Labute approximate surface area is 84.3 Å². The minimum Gasteiger partial charge on any atom is -0.273 e. The monoisotopic (exact) mass is 324 g/mol. The lowest BCUT2D eigenvalue weighted by Gasteiger charge is -1.91. The molecule has 0 radical (unpaired) electrons. The maximum atomic E-state index is 4.06. The molecule has 0 aliphatic carbocycles. The summed E-state index contributed by atoms with van der Waals surface area (Å²) in [7, 11) is 0. The molecule has 4 nitrogen and oxygen atoms in total. The van der Waals surface area contributed by atoms with Crippen LogP contribution in [-0.4, -0.2) is 19.6 Å². The highest BCUT2D eigenvalue weighted by Crippen LogP contribution is 2.09. The van der Waals surface area contributed by atoms with Crippen LogP contribution in [0.15, 0.2) is 17.1 Å². The third-order valence-corrected chi connectivity index (χ3v) is 2.32. The summed E-state index contributed by atoms with van der Waals surface area (Å²) in [5.74, 6) is 0. The number of aromatic nitrogens is 4. The molecule has 0 atom stereocenters. The molecule has 0 fully saturated rings. The molecule has 0 aliphatic heterocycles. The zero-order chi connectivity index (χ0) is 7.84. The van der Waals surface area contributed by atoms with Crippen molar-refractivity contribution in [2.45, 2.75) is 0 Å². The Morgan fingerprint density at radius 2 is 2.27 bits per heavy atom. The Hall–Kier alpha value is -0.240. The summed E-state index contributed by atoms with van der Waals surface area (Å²) in [6.45, 7) is 0. The Balaban J connectivity index is 2.87. The fourth-order valence-corrected chi connectivity index (χ4v) is 1.53. The maximum Gasteiger partial charge on any atom is 0.204 e. The summed E-state index contributed by atoms with van der Waals surface area (Å²) >= 11 is 5.39. The van der Waals surface area contributed by atoms with E-state index in [0.717, 1.165) is 9.35 Å². The summed E-state index contributed by atoms with van der Waals surface area (Å²) in [6, 6.07) is 0. The Morgan fingerprint density at radius 1 is 1.45 bits per heavy atom. The van der Waals surface area contributed by atoms with Crippen molar-refractivity contribution in [3.8, 4) is 0 Å². The van der Waals surface area contributed by atoms with Crippen molar-refractivity contribution >= 4 is 44.2 Å². The molecular formula is C5H2BrIN4. The van der Waals surface area contributed by atoms with Gasteiger partial charge in [-0.3, -0.25) is 4.40 Å². The third kappa shape index (κ3) is 1.24. The van der Waals surface area contributed by atoms with E-state index in [0.29, 0.717) is 4.73 Å². The fraction of sp³-hybridized carbons (Fsp3) is 0. The van der Waals surface area contributed by atoms with Crippen LogP contribution in [0.25, 0.3) is 5.65 Å². The molecule has 11 heavy (non-hydrogen) atoms. The van der Waals surface area contributed by atoms with E-state index in [4.69, 9.17) is 0 Å². The normalized spacial score (nSPS) is 10.7. The van der Waals surface area contributed by atoms with Crippen molar-refractivity contribution in [1.29, 1.82) is 0 Å². The van der Waals surface area contributed by atoms with Crippen molar-refractivity contribution in [1.82, 2.24) is 19.6 Å². The molecule has 0 aromatic carbocycles. The molecule has 56 valence electrons. The van der Waals surface area contributed by atoms with E-state index >= 15 is 0 Å². The zero-order valence-electron chi connectivity index (χ0n) is 5.20. The van der Waals surface area contributed by atoms with Gasteiger partial charge in [0.1, 0.15) is 3.70 Å². The van der Waals surface area contributed by atoms with Crippen LogP contribution in [0.1, 0.15) is 0 Å². The molecule has 0 amide bonds. The molecular weight excluding hydrogens is 323 g/mol. The molecule has 0 aliphatic rings. The number of fused-ring (bicyclic) bond motifs is 1. The quantitative estimate of drug-likeness (QED) is 0.690. The van der Waals surface area contributed by atoms with E-state index in [1.165, 1.54) is 0 Å². The zero-order valence-corrected chi connectivity index (χ0v) is 8.94. The smallest absolute Gasteiger partial charge is 0.204 e. The van der Waals surface area contributed by atoms with Crippen molar-refractivity contribution in [2.24, 2.45) is 0 Å². The summed E-state index contributed by atoms with van der Waals surface area (Å²) in [5.41, 5.74) is 0.747. The first-order valence-corrected chi connectivity index (χ1v) is 4.66. The highest BCUT2D eigenvalue weighted by atomic mass is 127. The average Bonchev–Trinajstić information content (AvgIpc) is 2.33. The number of hydrogen-bond donors (Lipinski definition) is 0. The first kappa shape index (κ1) is 7.41. The lowest BCUT2D eigenvalue weighted by atomic mass is 10.7. The van der Waals surface area contributed by atoms with Crippen molar-refractivity contribution < 1.29 is 0 Å². The van der Waals surface area contributed by atoms with Crippen LogP contribution in [0.4, 0.5) is 0 Å². The summed E-state index contributed by atoms with van der Waals surface area (Å²) < 4.78 is 3.44. The topological polar surface area (TPSA) is 43.1 Å². The van der Waals surface area contributed by atoms with Crippen LogP contribution in [0.2, 0.25) is 0 Å². The molecule has 0 saturated carbocycles. The maximum absolute atomic E-state index is 4.06. The van der Waals surface area contributed by atoms with E-state index in [1.807, 2.05) is 10.6 Å². The predicted molar refractivity (Wildman–Crippen MR) is 51.2 cm³/mol. The molecule has 0 saturated heterocycles. The minimum absolute atomic E-state index is 0.702. The van der Waals surface area contributed by atoms with Crippen LogP contribution in [0.3, 0.4) is 0 Å². The highest BCUT2D eigenvalue weighted by Gasteiger charge is 2.01. The Morgan fingerprint density at radius 3 is 3.09 bits per heavy atom. The Bertz CT molecular complexity index is 398. The van der Waals surface area contributed by atoms with E-state index in [1.54, 1.807) is 6.20 Å². The first-order valence-electron chi connectivity index (χ1n) is 2.79. The molecule has 2 heterocycles. The van der Waals surface area contributed by atoms with Crippen LogP contribution in [0.5, 0.6) is 0 Å². The summed E-state index contributed by atoms with van der Waals surface area (Å²) in [6.07, 6.45) is 3.54. The van der Waals surface area contributed by atoms with Gasteiger partial charge in [-0.15, -0.1) is 10.2 Å². The van der Waals surface area contributed by atoms with Crippen LogP contribution < -0.4 is 0 Å². The SMILES string of the molecule is Brc1nnc2cnc(I)cn12. The fourth-order valence-electron chi connectivity index (χ4n) is 0.750.